The number of ether oxygens (including phenoxy) is 1. The second-order valence-corrected chi connectivity index (χ2v) is 7.56. The highest BCUT2D eigenvalue weighted by atomic mass is 16.5. The van der Waals surface area contributed by atoms with E-state index >= 15 is 0 Å². The van der Waals surface area contributed by atoms with Crippen LogP contribution < -0.4 is 5.32 Å². The lowest BCUT2D eigenvalue weighted by atomic mass is 9.79. The van der Waals surface area contributed by atoms with Crippen LogP contribution in [0.25, 0.3) is 0 Å². The number of hydrogen-bond donors (Lipinski definition) is 1. The fourth-order valence-corrected chi connectivity index (χ4v) is 4.07. The van der Waals surface area contributed by atoms with Gasteiger partial charge in [0.25, 0.3) is 0 Å². The molecule has 3 saturated heterocycles. The molecule has 0 radical (unpaired) electrons. The smallest absolute Gasteiger partial charge is 0.229 e. The van der Waals surface area contributed by atoms with Crippen molar-refractivity contribution in [2.24, 2.45) is 5.41 Å². The zero-order valence-corrected chi connectivity index (χ0v) is 14.9. The van der Waals surface area contributed by atoms with Gasteiger partial charge in [0.15, 0.2) is 0 Å². The van der Waals surface area contributed by atoms with Gasteiger partial charge in [-0.3, -0.25) is 19.3 Å². The summed E-state index contributed by atoms with van der Waals surface area (Å²) in [7, 11) is 0. The molecule has 7 heteroatoms. The van der Waals surface area contributed by atoms with Crippen LogP contribution in [0.3, 0.4) is 0 Å². The van der Waals surface area contributed by atoms with Crippen LogP contribution in [0.15, 0.2) is 0 Å². The number of imide groups is 1. The summed E-state index contributed by atoms with van der Waals surface area (Å²) in [6, 6.07) is 0. The SMILES string of the molecule is O=C(CCN1C(=O)CCC1=O)NCC1(CN2CCCC2)CCOCC1. The van der Waals surface area contributed by atoms with E-state index < -0.39 is 0 Å². The van der Waals surface area contributed by atoms with E-state index in [2.05, 4.69) is 10.2 Å². The van der Waals surface area contributed by atoms with Crippen molar-refractivity contribution in [3.63, 3.8) is 0 Å². The number of hydrogen-bond acceptors (Lipinski definition) is 5. The van der Waals surface area contributed by atoms with Gasteiger partial charge in [-0.25, -0.2) is 0 Å². The van der Waals surface area contributed by atoms with Crippen molar-refractivity contribution in [1.29, 1.82) is 0 Å². The molecule has 0 aromatic rings. The summed E-state index contributed by atoms with van der Waals surface area (Å²) in [6.45, 7) is 5.66. The first-order valence-electron chi connectivity index (χ1n) is 9.48. The fraction of sp³-hybridized carbons (Fsp3) is 0.833. The third-order valence-corrected chi connectivity index (χ3v) is 5.69. The molecule has 25 heavy (non-hydrogen) atoms. The van der Waals surface area contributed by atoms with Gasteiger partial charge in [-0.1, -0.05) is 0 Å². The monoisotopic (exact) mass is 351 g/mol. The Labute approximate surface area is 149 Å². The molecule has 0 saturated carbocycles. The van der Waals surface area contributed by atoms with Crippen molar-refractivity contribution < 1.29 is 19.1 Å². The Morgan fingerprint density at radius 2 is 1.72 bits per heavy atom. The lowest BCUT2D eigenvalue weighted by Crippen LogP contribution is -2.48. The van der Waals surface area contributed by atoms with Crippen LogP contribution >= 0.6 is 0 Å². The first kappa shape index (κ1) is 18.3. The van der Waals surface area contributed by atoms with Crippen LogP contribution in [0, 0.1) is 5.41 Å². The molecule has 3 rings (SSSR count). The van der Waals surface area contributed by atoms with Gasteiger partial charge in [0.2, 0.25) is 17.7 Å². The highest BCUT2D eigenvalue weighted by Gasteiger charge is 2.35. The number of amides is 3. The van der Waals surface area contributed by atoms with E-state index in [0.29, 0.717) is 6.54 Å². The maximum Gasteiger partial charge on any atom is 0.229 e. The van der Waals surface area contributed by atoms with Crippen molar-refractivity contribution in [2.75, 3.05) is 45.9 Å². The molecule has 0 bridgehead atoms. The Balaban J connectivity index is 1.47. The zero-order valence-electron chi connectivity index (χ0n) is 14.9. The van der Waals surface area contributed by atoms with E-state index in [9.17, 15) is 14.4 Å². The van der Waals surface area contributed by atoms with Crippen LogP contribution in [-0.4, -0.2) is 73.5 Å². The normalized spacial score (nSPS) is 24.1. The Hall–Kier alpha value is -1.47. The number of likely N-dealkylation sites (tertiary alicyclic amines) is 2. The number of nitrogens with zero attached hydrogens (tertiary/aromatic N) is 2. The maximum absolute atomic E-state index is 12.2. The van der Waals surface area contributed by atoms with Gasteiger partial charge in [-0.05, 0) is 38.8 Å². The molecule has 0 atom stereocenters. The maximum atomic E-state index is 12.2. The molecule has 3 amide bonds. The lowest BCUT2D eigenvalue weighted by molar-refractivity contribution is -0.138. The third kappa shape index (κ3) is 4.79. The summed E-state index contributed by atoms with van der Waals surface area (Å²) in [5, 5.41) is 3.05. The molecule has 3 aliphatic heterocycles. The fourth-order valence-electron chi connectivity index (χ4n) is 4.07. The molecule has 0 unspecified atom stereocenters. The van der Waals surface area contributed by atoms with Gasteiger partial charge in [0.1, 0.15) is 0 Å². The summed E-state index contributed by atoms with van der Waals surface area (Å²) in [5.74, 6) is -0.403. The average Bonchev–Trinajstić information content (AvgIpc) is 3.22. The Kier molecular flexibility index (Phi) is 6.06. The topological polar surface area (TPSA) is 79.0 Å². The molecule has 0 aromatic heterocycles. The third-order valence-electron chi connectivity index (χ3n) is 5.69. The van der Waals surface area contributed by atoms with Gasteiger partial charge < -0.3 is 15.0 Å². The molecule has 0 aromatic carbocycles. The summed E-state index contributed by atoms with van der Waals surface area (Å²) in [5.41, 5.74) is 0.0809. The summed E-state index contributed by atoms with van der Waals surface area (Å²) in [6.07, 6.45) is 5.19. The average molecular weight is 351 g/mol. The molecule has 0 spiro atoms. The summed E-state index contributed by atoms with van der Waals surface area (Å²) in [4.78, 5) is 39.1. The highest BCUT2D eigenvalue weighted by molar-refractivity contribution is 6.02. The molecular formula is C18H29N3O4. The second kappa shape index (κ2) is 8.27. The first-order valence-corrected chi connectivity index (χ1v) is 9.48. The molecular weight excluding hydrogens is 322 g/mol. The molecule has 140 valence electrons. The molecule has 7 nitrogen and oxygen atoms in total. The van der Waals surface area contributed by atoms with Gasteiger partial charge in [0, 0.05) is 57.5 Å². The van der Waals surface area contributed by atoms with Crippen molar-refractivity contribution in [3.05, 3.63) is 0 Å². The standard InChI is InChI=1S/C18H29N3O4/c22-15(5-10-21-16(23)3-4-17(21)24)19-13-18(6-11-25-12-7-18)14-20-8-1-2-9-20/h1-14H2,(H,19,22). The number of carbonyl (C=O) groups excluding carboxylic acids is 3. The second-order valence-electron chi connectivity index (χ2n) is 7.56. The van der Waals surface area contributed by atoms with Crippen molar-refractivity contribution in [3.8, 4) is 0 Å². The molecule has 1 N–H and O–H groups in total. The van der Waals surface area contributed by atoms with Crippen LogP contribution in [0.1, 0.15) is 44.9 Å². The Morgan fingerprint density at radius 3 is 2.36 bits per heavy atom. The molecule has 3 fully saturated rings. The largest absolute Gasteiger partial charge is 0.381 e. The Morgan fingerprint density at radius 1 is 1.08 bits per heavy atom. The van der Waals surface area contributed by atoms with Crippen molar-refractivity contribution in [2.45, 2.75) is 44.9 Å². The minimum absolute atomic E-state index is 0.0809. The van der Waals surface area contributed by atoms with Gasteiger partial charge in [0.05, 0.1) is 0 Å². The minimum atomic E-state index is -0.160. The lowest BCUT2D eigenvalue weighted by Gasteiger charge is -2.40. The molecule has 3 aliphatic rings. The van der Waals surface area contributed by atoms with Crippen LogP contribution in [0.5, 0.6) is 0 Å². The summed E-state index contributed by atoms with van der Waals surface area (Å²) < 4.78 is 5.52. The Bertz CT molecular complexity index is 494. The van der Waals surface area contributed by atoms with Crippen LogP contribution in [0.2, 0.25) is 0 Å². The van der Waals surface area contributed by atoms with E-state index in [4.69, 9.17) is 4.74 Å². The van der Waals surface area contributed by atoms with Gasteiger partial charge in [-0.15, -0.1) is 0 Å². The van der Waals surface area contributed by atoms with E-state index in [1.807, 2.05) is 0 Å². The number of nitrogens with one attached hydrogen (secondary N) is 1. The highest BCUT2D eigenvalue weighted by Crippen LogP contribution is 2.32. The first-order chi connectivity index (χ1) is 12.1. The van der Waals surface area contributed by atoms with E-state index in [-0.39, 0.29) is 48.9 Å². The van der Waals surface area contributed by atoms with E-state index in [1.165, 1.54) is 17.7 Å². The number of rotatable bonds is 7. The van der Waals surface area contributed by atoms with Crippen LogP contribution in [0.4, 0.5) is 0 Å². The predicted octanol–water partition coefficient (Wildman–Crippen LogP) is 0.534. The molecule has 0 aliphatic carbocycles. The quantitative estimate of drug-likeness (QED) is 0.677. The van der Waals surface area contributed by atoms with Gasteiger partial charge >= 0.3 is 0 Å². The minimum Gasteiger partial charge on any atom is -0.381 e. The molecule has 3 heterocycles. The van der Waals surface area contributed by atoms with E-state index in [1.54, 1.807) is 0 Å². The van der Waals surface area contributed by atoms with Gasteiger partial charge in [-0.2, -0.15) is 0 Å². The summed E-state index contributed by atoms with van der Waals surface area (Å²) >= 11 is 0. The van der Waals surface area contributed by atoms with Crippen molar-refractivity contribution in [1.82, 2.24) is 15.1 Å². The van der Waals surface area contributed by atoms with Crippen LogP contribution in [-0.2, 0) is 19.1 Å². The van der Waals surface area contributed by atoms with Crippen molar-refractivity contribution >= 4 is 17.7 Å². The van der Waals surface area contributed by atoms with E-state index in [0.717, 1.165) is 45.7 Å². The predicted molar refractivity (Wildman–Crippen MR) is 91.7 cm³/mol. The zero-order chi connectivity index (χ0) is 17.7. The number of carbonyl (C=O) groups is 3.